The smallest absolute Gasteiger partial charge is 0.282 e. The molecule has 2 N–H and O–H groups in total. The van der Waals surface area contributed by atoms with Gasteiger partial charge in [-0.1, -0.05) is 30.3 Å². The average Bonchev–Trinajstić information content (AvgIpc) is 2.69. The first-order valence-electron chi connectivity index (χ1n) is 9.28. The van der Waals surface area contributed by atoms with E-state index < -0.39 is 29.4 Å². The Hall–Kier alpha value is -2.34. The second kappa shape index (κ2) is 8.57. The molecule has 1 amide bonds. The number of benzene rings is 2. The zero-order valence-corrected chi connectivity index (χ0v) is 15.3. The van der Waals surface area contributed by atoms with E-state index in [-0.39, 0.29) is 5.69 Å². The van der Waals surface area contributed by atoms with E-state index in [0.29, 0.717) is 5.92 Å². The predicted molar refractivity (Wildman–Crippen MR) is 98.0 cm³/mol. The van der Waals surface area contributed by atoms with Crippen LogP contribution in [0.2, 0.25) is 0 Å². The molecular formula is C21H24F3N2O+. The van der Waals surface area contributed by atoms with Crippen LogP contribution in [0.15, 0.2) is 42.5 Å². The van der Waals surface area contributed by atoms with Crippen molar-refractivity contribution in [2.45, 2.75) is 32.2 Å². The van der Waals surface area contributed by atoms with Crippen LogP contribution in [-0.2, 0) is 11.2 Å². The van der Waals surface area contributed by atoms with Crippen molar-refractivity contribution in [3.8, 4) is 0 Å². The van der Waals surface area contributed by atoms with Gasteiger partial charge < -0.3 is 10.2 Å². The van der Waals surface area contributed by atoms with Crippen molar-refractivity contribution >= 4 is 11.6 Å². The minimum absolute atomic E-state index is 0.330. The predicted octanol–water partition coefficient (Wildman–Crippen LogP) is 2.97. The lowest BCUT2D eigenvalue weighted by Gasteiger charge is -2.32. The number of likely N-dealkylation sites (tertiary alicyclic amines) is 1. The van der Waals surface area contributed by atoms with Crippen molar-refractivity contribution in [2.24, 2.45) is 5.92 Å². The van der Waals surface area contributed by atoms with Crippen molar-refractivity contribution in [1.29, 1.82) is 0 Å². The second-order valence-corrected chi connectivity index (χ2v) is 7.23. The number of anilines is 1. The van der Waals surface area contributed by atoms with E-state index in [1.807, 2.05) is 18.2 Å². The van der Waals surface area contributed by atoms with Crippen LogP contribution in [0.4, 0.5) is 18.9 Å². The standard InChI is InChI=1S/C21H23F3N2O/c1-14(21(27)25-18-8-7-17(22)19(23)20(18)24)26-11-9-16(10-12-26)13-15-5-3-2-4-6-15/h2-8,14,16H,9-13H2,1H3,(H,25,27)/p+1/t14-/m0/s1. The lowest BCUT2D eigenvalue weighted by atomic mass is 9.89. The number of carbonyl (C=O) groups excluding carboxylic acids is 1. The highest BCUT2D eigenvalue weighted by Crippen LogP contribution is 2.20. The summed E-state index contributed by atoms with van der Waals surface area (Å²) in [4.78, 5) is 13.5. The molecule has 3 rings (SSSR count). The SMILES string of the molecule is C[C@@H](C(=O)Nc1ccc(F)c(F)c1F)[NH+]1CCC(Cc2ccccc2)CC1. The Balaban J connectivity index is 1.53. The van der Waals surface area contributed by atoms with Crippen molar-refractivity contribution in [3.63, 3.8) is 0 Å². The van der Waals surface area contributed by atoms with Crippen LogP contribution in [0.1, 0.15) is 25.3 Å². The molecule has 1 fully saturated rings. The van der Waals surface area contributed by atoms with Gasteiger partial charge in [0.25, 0.3) is 5.91 Å². The van der Waals surface area contributed by atoms with Crippen LogP contribution in [0.3, 0.4) is 0 Å². The molecule has 0 aromatic heterocycles. The van der Waals surface area contributed by atoms with E-state index in [1.54, 1.807) is 6.92 Å². The van der Waals surface area contributed by atoms with Gasteiger partial charge in [-0.25, -0.2) is 13.2 Å². The first-order chi connectivity index (χ1) is 13.0. The van der Waals surface area contributed by atoms with Crippen LogP contribution in [0, 0.1) is 23.4 Å². The Kier molecular flexibility index (Phi) is 6.16. The zero-order chi connectivity index (χ0) is 19.4. The molecule has 2 aromatic carbocycles. The first-order valence-corrected chi connectivity index (χ1v) is 9.28. The van der Waals surface area contributed by atoms with Gasteiger partial charge in [-0.3, -0.25) is 4.79 Å². The maximum atomic E-state index is 13.8. The number of halogens is 3. The van der Waals surface area contributed by atoms with Crippen molar-refractivity contribution in [3.05, 3.63) is 65.5 Å². The molecule has 1 atom stereocenters. The largest absolute Gasteiger partial charge is 0.325 e. The lowest BCUT2D eigenvalue weighted by molar-refractivity contribution is -0.919. The summed E-state index contributed by atoms with van der Waals surface area (Å²) in [7, 11) is 0. The summed E-state index contributed by atoms with van der Waals surface area (Å²) < 4.78 is 40.1. The van der Waals surface area contributed by atoms with Gasteiger partial charge in [0, 0.05) is 0 Å². The van der Waals surface area contributed by atoms with E-state index in [0.717, 1.165) is 49.4 Å². The molecule has 0 radical (unpaired) electrons. The number of hydrogen-bond donors (Lipinski definition) is 2. The molecule has 0 bridgehead atoms. The molecule has 2 aromatic rings. The van der Waals surface area contributed by atoms with Gasteiger partial charge in [0.15, 0.2) is 23.5 Å². The second-order valence-electron chi connectivity index (χ2n) is 7.23. The number of nitrogens with one attached hydrogen (secondary N) is 2. The third-order valence-corrected chi connectivity index (χ3v) is 5.41. The van der Waals surface area contributed by atoms with Gasteiger partial charge in [-0.2, -0.15) is 0 Å². The minimum Gasteiger partial charge on any atom is -0.325 e. The summed E-state index contributed by atoms with van der Waals surface area (Å²) in [6, 6.07) is 11.8. The lowest BCUT2D eigenvalue weighted by Crippen LogP contribution is -3.17. The van der Waals surface area contributed by atoms with Gasteiger partial charge >= 0.3 is 0 Å². The molecule has 1 saturated heterocycles. The number of quaternary nitrogens is 1. The molecule has 3 nitrogen and oxygen atoms in total. The van der Waals surface area contributed by atoms with Crippen LogP contribution in [0.5, 0.6) is 0 Å². The maximum absolute atomic E-state index is 13.8. The number of amides is 1. The topological polar surface area (TPSA) is 33.5 Å². The van der Waals surface area contributed by atoms with E-state index in [4.69, 9.17) is 0 Å². The van der Waals surface area contributed by atoms with E-state index >= 15 is 0 Å². The van der Waals surface area contributed by atoms with Crippen molar-refractivity contribution in [2.75, 3.05) is 18.4 Å². The van der Waals surface area contributed by atoms with Gasteiger partial charge in [0.1, 0.15) is 0 Å². The number of carbonyl (C=O) groups is 1. The van der Waals surface area contributed by atoms with Gasteiger partial charge in [0.05, 0.1) is 18.8 Å². The number of piperidine rings is 1. The minimum atomic E-state index is -1.57. The molecule has 0 spiro atoms. The normalized spacial score (nSPS) is 20.9. The number of rotatable bonds is 5. The quantitative estimate of drug-likeness (QED) is 0.772. The van der Waals surface area contributed by atoms with Crippen molar-refractivity contribution in [1.82, 2.24) is 0 Å². The Morgan fingerprint density at radius 3 is 2.41 bits per heavy atom. The Morgan fingerprint density at radius 2 is 1.74 bits per heavy atom. The third kappa shape index (κ3) is 4.69. The first kappa shape index (κ1) is 19.4. The highest BCUT2D eigenvalue weighted by molar-refractivity contribution is 5.93. The number of hydrogen-bond acceptors (Lipinski definition) is 1. The zero-order valence-electron chi connectivity index (χ0n) is 15.3. The van der Waals surface area contributed by atoms with Crippen LogP contribution < -0.4 is 10.2 Å². The third-order valence-electron chi connectivity index (χ3n) is 5.41. The summed E-state index contributed by atoms with van der Waals surface area (Å²) in [6.07, 6.45) is 3.07. The fraction of sp³-hybridized carbons (Fsp3) is 0.381. The molecule has 6 heteroatoms. The van der Waals surface area contributed by atoms with Crippen LogP contribution in [0.25, 0.3) is 0 Å². The van der Waals surface area contributed by atoms with Crippen LogP contribution in [-0.4, -0.2) is 25.0 Å². The monoisotopic (exact) mass is 377 g/mol. The average molecular weight is 377 g/mol. The van der Waals surface area contributed by atoms with E-state index in [9.17, 15) is 18.0 Å². The molecule has 0 saturated carbocycles. The molecule has 0 unspecified atom stereocenters. The summed E-state index contributed by atoms with van der Waals surface area (Å²) in [5.74, 6) is -4.02. The van der Waals surface area contributed by atoms with E-state index in [1.165, 1.54) is 5.56 Å². The maximum Gasteiger partial charge on any atom is 0.282 e. The van der Waals surface area contributed by atoms with Gasteiger partial charge in [0.2, 0.25) is 0 Å². The fourth-order valence-corrected chi connectivity index (χ4v) is 3.68. The summed E-state index contributed by atoms with van der Waals surface area (Å²) >= 11 is 0. The fourth-order valence-electron chi connectivity index (χ4n) is 3.68. The van der Waals surface area contributed by atoms with Gasteiger partial charge in [-0.15, -0.1) is 0 Å². The molecule has 1 aliphatic heterocycles. The summed E-state index contributed by atoms with van der Waals surface area (Å²) in [5, 5.41) is 2.38. The highest BCUT2D eigenvalue weighted by atomic mass is 19.2. The Morgan fingerprint density at radius 1 is 1.07 bits per heavy atom. The Labute approximate surface area is 157 Å². The molecule has 1 heterocycles. The Bertz CT molecular complexity index is 790. The summed E-state index contributed by atoms with van der Waals surface area (Å²) in [5.41, 5.74) is 0.995. The molecule has 27 heavy (non-hydrogen) atoms. The van der Waals surface area contributed by atoms with Crippen LogP contribution >= 0.6 is 0 Å². The molecule has 1 aliphatic rings. The van der Waals surface area contributed by atoms with E-state index in [2.05, 4.69) is 17.4 Å². The van der Waals surface area contributed by atoms with Crippen molar-refractivity contribution < 1.29 is 22.9 Å². The van der Waals surface area contributed by atoms with Gasteiger partial charge in [-0.05, 0) is 49.8 Å². The molecular weight excluding hydrogens is 353 g/mol. The molecule has 144 valence electrons. The molecule has 0 aliphatic carbocycles. The highest BCUT2D eigenvalue weighted by Gasteiger charge is 2.30. The summed E-state index contributed by atoms with van der Waals surface area (Å²) in [6.45, 7) is 3.48.